The van der Waals surface area contributed by atoms with Gasteiger partial charge in [0.1, 0.15) is 21.7 Å². The molecule has 2 aromatic rings. The van der Waals surface area contributed by atoms with Crippen LogP contribution in [0.2, 0.25) is 10.0 Å². The van der Waals surface area contributed by atoms with E-state index in [2.05, 4.69) is 10.3 Å². The van der Waals surface area contributed by atoms with Crippen molar-refractivity contribution in [2.24, 2.45) is 16.5 Å². The van der Waals surface area contributed by atoms with Gasteiger partial charge in [0.05, 0.1) is 28.4 Å². The summed E-state index contributed by atoms with van der Waals surface area (Å²) in [5, 5.41) is 2.48. The van der Waals surface area contributed by atoms with Gasteiger partial charge in [-0.2, -0.15) is 0 Å². The molecule has 0 aliphatic carbocycles. The number of hydrogen-bond donors (Lipinski definition) is 3. The lowest BCUT2D eigenvalue weighted by atomic mass is 10.1. The Hall–Kier alpha value is -2.68. The molecule has 1 unspecified atom stereocenters. The van der Waals surface area contributed by atoms with Crippen LogP contribution in [-0.2, 0) is 9.59 Å². The van der Waals surface area contributed by atoms with Crippen LogP contribution in [0.5, 0.6) is 5.75 Å². The van der Waals surface area contributed by atoms with Crippen LogP contribution in [0.25, 0.3) is 0 Å². The molecule has 0 saturated carbocycles. The minimum absolute atomic E-state index is 0.00162. The molecule has 1 aliphatic rings. The van der Waals surface area contributed by atoms with Crippen molar-refractivity contribution < 1.29 is 14.3 Å². The normalized spacial score (nSPS) is 17.5. The van der Waals surface area contributed by atoms with Crippen LogP contribution in [0.4, 0.5) is 11.4 Å². The predicted molar refractivity (Wildman–Crippen MR) is 117 cm³/mol. The Morgan fingerprint density at radius 1 is 1.17 bits per heavy atom. The number of primary amides is 1. The Morgan fingerprint density at radius 3 is 2.59 bits per heavy atom. The summed E-state index contributed by atoms with van der Waals surface area (Å²) in [6.07, 6.45) is 0. The van der Waals surface area contributed by atoms with E-state index < -0.39 is 17.1 Å². The van der Waals surface area contributed by atoms with Crippen LogP contribution in [0.1, 0.15) is 0 Å². The highest BCUT2D eigenvalue weighted by molar-refractivity contribution is 8.16. The van der Waals surface area contributed by atoms with Gasteiger partial charge in [0.25, 0.3) is 5.91 Å². The molecule has 2 amide bonds. The number of anilines is 1. The first-order chi connectivity index (χ1) is 13.8. The van der Waals surface area contributed by atoms with E-state index in [1.165, 1.54) is 7.11 Å². The maximum Gasteiger partial charge on any atom is 0.253 e. The highest BCUT2D eigenvalue weighted by Gasteiger charge is 2.38. The lowest BCUT2D eigenvalue weighted by Gasteiger charge is -2.13. The molecule has 0 bridgehead atoms. The van der Waals surface area contributed by atoms with Crippen LogP contribution in [0.15, 0.2) is 58.7 Å². The van der Waals surface area contributed by atoms with E-state index in [-0.39, 0.29) is 21.3 Å². The first kappa shape index (κ1) is 21.0. The molecule has 150 valence electrons. The van der Waals surface area contributed by atoms with Crippen molar-refractivity contribution in [2.75, 3.05) is 12.4 Å². The Bertz CT molecular complexity index is 1060. The first-order valence-corrected chi connectivity index (χ1v) is 9.90. The third-order valence-electron chi connectivity index (χ3n) is 4.02. The Kier molecular flexibility index (Phi) is 6.36. The van der Waals surface area contributed by atoms with Gasteiger partial charge in [-0.25, -0.2) is 4.99 Å². The van der Waals surface area contributed by atoms with Crippen LogP contribution in [0, 0.1) is 0 Å². The molecule has 0 saturated heterocycles. The number of para-hydroxylation sites is 2. The number of rotatable bonds is 5. The topological polar surface area (TPSA) is 120 Å². The quantitative estimate of drug-likeness (QED) is 0.643. The first-order valence-electron chi connectivity index (χ1n) is 8.26. The van der Waals surface area contributed by atoms with Crippen molar-refractivity contribution in [1.82, 2.24) is 0 Å². The predicted octanol–water partition coefficient (Wildman–Crippen LogP) is 3.48. The summed E-state index contributed by atoms with van der Waals surface area (Å²) in [5.74, 6) is -0.762. The number of nitrogens with zero attached hydrogens (tertiary/aromatic N) is 1. The molecule has 29 heavy (non-hydrogen) atoms. The summed E-state index contributed by atoms with van der Waals surface area (Å²) < 4.78 is 5.27. The number of nitrogens with one attached hydrogen (secondary N) is 1. The average molecular weight is 451 g/mol. The zero-order valence-corrected chi connectivity index (χ0v) is 17.4. The van der Waals surface area contributed by atoms with Crippen molar-refractivity contribution in [3.05, 3.63) is 63.8 Å². The molecule has 1 atom stereocenters. The van der Waals surface area contributed by atoms with Gasteiger partial charge in [-0.3, -0.25) is 9.59 Å². The molecule has 10 heteroatoms. The third kappa shape index (κ3) is 4.34. The number of methoxy groups -OCH3 is 1. The Morgan fingerprint density at radius 2 is 1.90 bits per heavy atom. The highest BCUT2D eigenvalue weighted by Crippen LogP contribution is 2.38. The van der Waals surface area contributed by atoms with Crippen molar-refractivity contribution >= 4 is 63.2 Å². The van der Waals surface area contributed by atoms with Gasteiger partial charge in [-0.05, 0) is 24.3 Å². The molecule has 3 rings (SSSR count). The van der Waals surface area contributed by atoms with Gasteiger partial charge < -0.3 is 21.5 Å². The van der Waals surface area contributed by atoms with E-state index in [9.17, 15) is 9.59 Å². The van der Waals surface area contributed by atoms with Gasteiger partial charge in [-0.1, -0.05) is 53.2 Å². The van der Waals surface area contributed by atoms with Gasteiger partial charge in [-0.15, -0.1) is 0 Å². The fraction of sp³-hybridized carbons (Fsp3) is 0.105. The maximum atomic E-state index is 12.8. The van der Waals surface area contributed by atoms with Crippen LogP contribution >= 0.6 is 35.0 Å². The number of amides is 2. The molecule has 0 aromatic heterocycles. The van der Waals surface area contributed by atoms with Gasteiger partial charge in [0.2, 0.25) is 5.91 Å². The highest BCUT2D eigenvalue weighted by atomic mass is 35.5. The number of carbonyl (C=O) groups is 2. The third-order valence-corrected chi connectivity index (χ3v) is 6.06. The monoisotopic (exact) mass is 450 g/mol. The minimum atomic E-state index is -0.916. The summed E-state index contributed by atoms with van der Waals surface area (Å²) in [5.41, 5.74) is 12.4. The second-order valence-electron chi connectivity index (χ2n) is 5.87. The van der Waals surface area contributed by atoms with E-state index in [0.29, 0.717) is 22.1 Å². The number of thioether (sulfide) groups is 1. The number of hydrogen-bond acceptors (Lipinski definition) is 6. The minimum Gasteiger partial charge on any atom is -0.494 e. The molecule has 2 aromatic carbocycles. The number of carbonyl (C=O) groups excluding carboxylic acids is 2. The molecule has 7 nitrogen and oxygen atoms in total. The van der Waals surface area contributed by atoms with E-state index in [1.807, 2.05) is 0 Å². The molecule has 0 spiro atoms. The number of halogens is 2. The second-order valence-corrected chi connectivity index (χ2v) is 7.75. The van der Waals surface area contributed by atoms with Gasteiger partial charge >= 0.3 is 0 Å². The Labute approximate surface area is 181 Å². The molecular weight excluding hydrogens is 435 g/mol. The van der Waals surface area contributed by atoms with E-state index in [0.717, 1.165) is 11.8 Å². The largest absolute Gasteiger partial charge is 0.494 e. The van der Waals surface area contributed by atoms with Crippen LogP contribution in [0.3, 0.4) is 0 Å². The fourth-order valence-electron chi connectivity index (χ4n) is 2.64. The van der Waals surface area contributed by atoms with Gasteiger partial charge in [0, 0.05) is 5.70 Å². The van der Waals surface area contributed by atoms with E-state index >= 15 is 0 Å². The molecule has 0 fully saturated rings. The Balaban J connectivity index is 1.94. The summed E-state index contributed by atoms with van der Waals surface area (Å²) in [4.78, 5) is 29.2. The maximum absolute atomic E-state index is 12.8. The molecule has 1 heterocycles. The van der Waals surface area contributed by atoms with Crippen molar-refractivity contribution in [1.29, 1.82) is 0 Å². The zero-order valence-electron chi connectivity index (χ0n) is 15.1. The number of nitrogens with two attached hydrogens (primary N) is 2. The number of ether oxygens (including phenoxy) is 1. The molecule has 1 aliphatic heterocycles. The fourth-order valence-corrected chi connectivity index (χ4v) is 4.11. The smallest absolute Gasteiger partial charge is 0.253 e. The van der Waals surface area contributed by atoms with Crippen molar-refractivity contribution in [3.63, 3.8) is 0 Å². The van der Waals surface area contributed by atoms with Crippen LogP contribution in [-0.4, -0.2) is 29.2 Å². The van der Waals surface area contributed by atoms with E-state index in [4.69, 9.17) is 39.4 Å². The zero-order chi connectivity index (χ0) is 21.1. The van der Waals surface area contributed by atoms with Crippen molar-refractivity contribution in [3.8, 4) is 5.75 Å². The SMILES string of the molecule is COc1ccccc1N=C1SC(C(=O)Nc2cccc(Cl)c2Cl)C(N)=C1C(N)=O. The van der Waals surface area contributed by atoms with Crippen LogP contribution < -0.4 is 21.5 Å². The number of aliphatic imine (C=N–C) groups is 1. The standard InChI is InChI=1S/C19H16Cl2N4O3S/c1-28-12-8-3-2-6-10(12)25-19-13(17(23)26)15(22)16(29-19)18(27)24-11-7-4-5-9(20)14(11)21/h2-8,16H,22H2,1H3,(H2,23,26)(H,24,27). The lowest BCUT2D eigenvalue weighted by Crippen LogP contribution is -2.29. The second kappa shape index (κ2) is 8.77. The average Bonchev–Trinajstić information content (AvgIpc) is 3.02. The van der Waals surface area contributed by atoms with Crippen molar-refractivity contribution in [2.45, 2.75) is 5.25 Å². The molecule has 0 radical (unpaired) electrons. The van der Waals surface area contributed by atoms with E-state index in [1.54, 1.807) is 42.5 Å². The van der Waals surface area contributed by atoms with Gasteiger partial charge in [0.15, 0.2) is 0 Å². The summed E-state index contributed by atoms with van der Waals surface area (Å²) in [6, 6.07) is 11.8. The molecule has 5 N–H and O–H groups in total. The lowest BCUT2D eigenvalue weighted by molar-refractivity contribution is -0.115. The summed E-state index contributed by atoms with van der Waals surface area (Å²) in [7, 11) is 1.50. The number of benzene rings is 2. The summed E-state index contributed by atoms with van der Waals surface area (Å²) >= 11 is 13.1. The molecular formula is C19H16Cl2N4O3S. The summed E-state index contributed by atoms with van der Waals surface area (Å²) in [6.45, 7) is 0.